The quantitative estimate of drug-likeness (QED) is 0.485. The van der Waals surface area contributed by atoms with Crippen LogP contribution in [0.5, 0.6) is 5.75 Å². The Balaban J connectivity index is 1.58. The zero-order valence-electron chi connectivity index (χ0n) is 21.4. The Labute approximate surface area is 217 Å². The average molecular weight is 516 g/mol. The third kappa shape index (κ3) is 7.18. The molecule has 3 fully saturated rings. The van der Waals surface area contributed by atoms with E-state index in [1.54, 1.807) is 6.08 Å². The van der Waals surface area contributed by atoms with E-state index in [1.165, 1.54) is 32.1 Å². The van der Waals surface area contributed by atoms with Crippen molar-refractivity contribution in [2.45, 2.75) is 77.4 Å². The first-order valence-electron chi connectivity index (χ1n) is 12.9. The Hall–Kier alpha value is -2.68. The molecule has 2 saturated heterocycles. The van der Waals surface area contributed by atoms with Crippen molar-refractivity contribution < 1.29 is 23.9 Å². The first-order valence-corrected chi connectivity index (χ1v) is 13.7. The Kier molecular flexibility index (Phi) is 8.49. The molecule has 196 valence electrons. The maximum Gasteiger partial charge on any atom is 0.407 e. The van der Waals surface area contributed by atoms with E-state index in [2.05, 4.69) is 15.5 Å². The Morgan fingerprint density at radius 2 is 1.94 bits per heavy atom. The molecule has 3 amide bonds. The van der Waals surface area contributed by atoms with Gasteiger partial charge in [0, 0.05) is 24.7 Å². The van der Waals surface area contributed by atoms with Gasteiger partial charge in [-0.15, -0.1) is 0 Å². The zero-order valence-corrected chi connectivity index (χ0v) is 22.2. The number of thioether (sulfide) groups is 1. The topological polar surface area (TPSA) is 97.0 Å². The molecule has 1 atom stereocenters. The smallest absolute Gasteiger partial charge is 0.407 e. The number of ether oxygens (including phenoxy) is 2. The summed E-state index contributed by atoms with van der Waals surface area (Å²) in [7, 11) is 0. The minimum absolute atomic E-state index is 0.0776. The number of carbonyl (C=O) groups is 3. The first kappa shape index (κ1) is 26.4. The van der Waals surface area contributed by atoms with Crippen LogP contribution in [-0.2, 0) is 9.53 Å². The highest BCUT2D eigenvalue weighted by Gasteiger charge is 2.29. The van der Waals surface area contributed by atoms with Crippen LogP contribution in [0.25, 0.3) is 6.08 Å². The lowest BCUT2D eigenvalue weighted by Gasteiger charge is -2.37. The van der Waals surface area contributed by atoms with Gasteiger partial charge >= 0.3 is 6.09 Å². The van der Waals surface area contributed by atoms with Crippen LogP contribution in [0.4, 0.5) is 15.3 Å². The van der Waals surface area contributed by atoms with Crippen molar-refractivity contribution in [3.05, 3.63) is 28.7 Å². The second kappa shape index (κ2) is 11.6. The molecule has 2 aliphatic heterocycles. The largest absolute Gasteiger partial charge is 0.491 e. The molecule has 9 heteroatoms. The normalized spacial score (nSPS) is 22.5. The molecule has 0 aromatic heterocycles. The number of amides is 3. The van der Waals surface area contributed by atoms with Crippen LogP contribution in [0.3, 0.4) is 0 Å². The number of piperidine rings is 1. The fourth-order valence-electron chi connectivity index (χ4n) is 5.01. The predicted octanol–water partition coefficient (Wildman–Crippen LogP) is 5.46. The summed E-state index contributed by atoms with van der Waals surface area (Å²) in [4.78, 5) is 39.0. The van der Waals surface area contributed by atoms with Gasteiger partial charge in [-0.3, -0.25) is 14.9 Å². The Morgan fingerprint density at radius 3 is 2.64 bits per heavy atom. The first-order chi connectivity index (χ1) is 17.2. The highest BCUT2D eigenvalue weighted by Crippen LogP contribution is 2.38. The van der Waals surface area contributed by atoms with Gasteiger partial charge in [-0.2, -0.15) is 0 Å². The van der Waals surface area contributed by atoms with Crippen molar-refractivity contribution in [2.75, 3.05) is 24.6 Å². The number of alkyl carbamates (subject to hydrolysis) is 1. The number of carbonyl (C=O) groups excluding carboxylic acids is 3. The van der Waals surface area contributed by atoms with Gasteiger partial charge in [-0.1, -0.05) is 31.4 Å². The SMILES string of the molecule is CC(C)(C)OC(=O)N[C@@H]1CCCN(c2c(/C=C3\SC(=O)NC3=O)cccc2OCC2CCCCC2)C1. The van der Waals surface area contributed by atoms with Gasteiger partial charge in [0.1, 0.15) is 11.4 Å². The number of rotatable bonds is 6. The molecule has 8 nitrogen and oxygen atoms in total. The number of nitrogens with one attached hydrogen (secondary N) is 2. The summed E-state index contributed by atoms with van der Waals surface area (Å²) in [5.74, 6) is 0.931. The molecule has 1 aliphatic carbocycles. The predicted molar refractivity (Wildman–Crippen MR) is 142 cm³/mol. The van der Waals surface area contributed by atoms with E-state index in [0.717, 1.165) is 48.1 Å². The van der Waals surface area contributed by atoms with Gasteiger partial charge < -0.3 is 19.7 Å². The van der Waals surface area contributed by atoms with Crippen molar-refractivity contribution in [2.24, 2.45) is 5.92 Å². The van der Waals surface area contributed by atoms with Crippen LogP contribution in [0.15, 0.2) is 23.1 Å². The van der Waals surface area contributed by atoms with Crippen LogP contribution in [0, 0.1) is 5.92 Å². The molecule has 3 aliphatic rings. The van der Waals surface area contributed by atoms with E-state index in [0.29, 0.717) is 24.0 Å². The average Bonchev–Trinajstić information content (AvgIpc) is 3.13. The summed E-state index contributed by atoms with van der Waals surface area (Å²) in [6.45, 7) is 7.60. The van der Waals surface area contributed by atoms with Crippen LogP contribution in [0.2, 0.25) is 0 Å². The highest BCUT2D eigenvalue weighted by molar-refractivity contribution is 8.18. The van der Waals surface area contributed by atoms with E-state index in [9.17, 15) is 14.4 Å². The van der Waals surface area contributed by atoms with Crippen LogP contribution >= 0.6 is 11.8 Å². The van der Waals surface area contributed by atoms with Crippen molar-refractivity contribution in [3.8, 4) is 5.75 Å². The molecule has 4 rings (SSSR count). The van der Waals surface area contributed by atoms with Crippen molar-refractivity contribution >= 4 is 40.8 Å². The summed E-state index contributed by atoms with van der Waals surface area (Å²) in [6.07, 6.45) is 9.24. The van der Waals surface area contributed by atoms with Crippen molar-refractivity contribution in [1.29, 1.82) is 0 Å². The standard InChI is InChI=1S/C27H37N3O5S/c1-27(2,3)35-25(32)28-20-12-8-14-30(16-20)23-19(15-22-24(31)29-26(33)36-22)11-7-13-21(23)34-17-18-9-5-4-6-10-18/h7,11,13,15,18,20H,4-6,8-10,12,14,16-17H2,1-3H3,(H,28,32)(H,29,31,33)/b22-15-/t20-/m1/s1. The van der Waals surface area contributed by atoms with Gasteiger partial charge in [0.15, 0.2) is 0 Å². The van der Waals surface area contributed by atoms with E-state index in [1.807, 2.05) is 39.0 Å². The zero-order chi connectivity index (χ0) is 25.7. The molecule has 0 radical (unpaired) electrons. The van der Waals surface area contributed by atoms with Gasteiger partial charge in [0.2, 0.25) is 0 Å². The van der Waals surface area contributed by atoms with Gasteiger partial charge in [-0.25, -0.2) is 4.79 Å². The number of hydrogen-bond donors (Lipinski definition) is 2. The third-order valence-electron chi connectivity index (χ3n) is 6.62. The number of hydrogen-bond acceptors (Lipinski definition) is 7. The van der Waals surface area contributed by atoms with Gasteiger partial charge in [-0.05, 0) is 76.3 Å². The van der Waals surface area contributed by atoms with E-state index in [4.69, 9.17) is 9.47 Å². The minimum Gasteiger partial charge on any atom is -0.491 e. The summed E-state index contributed by atoms with van der Waals surface area (Å²) in [6, 6.07) is 5.76. The fourth-order valence-corrected chi connectivity index (χ4v) is 5.68. The number of anilines is 1. The molecule has 2 N–H and O–H groups in total. The number of imide groups is 1. The molecule has 1 aromatic rings. The Bertz CT molecular complexity index is 1010. The van der Waals surface area contributed by atoms with Gasteiger partial charge in [0.05, 0.1) is 17.2 Å². The number of benzene rings is 1. The molecular formula is C27H37N3O5S. The number of nitrogens with zero attached hydrogens (tertiary/aromatic N) is 1. The summed E-state index contributed by atoms with van der Waals surface area (Å²) < 4.78 is 11.9. The lowest BCUT2D eigenvalue weighted by Crippen LogP contribution is -2.49. The lowest BCUT2D eigenvalue weighted by molar-refractivity contribution is -0.115. The monoisotopic (exact) mass is 515 g/mol. The second-order valence-corrected chi connectivity index (χ2v) is 11.8. The highest BCUT2D eigenvalue weighted by atomic mass is 32.2. The van der Waals surface area contributed by atoms with Crippen LogP contribution < -0.4 is 20.3 Å². The molecule has 36 heavy (non-hydrogen) atoms. The molecule has 0 bridgehead atoms. The summed E-state index contributed by atoms with van der Waals surface area (Å²) in [5.41, 5.74) is 1.15. The van der Waals surface area contributed by atoms with Crippen molar-refractivity contribution in [1.82, 2.24) is 10.6 Å². The molecule has 0 spiro atoms. The minimum atomic E-state index is -0.561. The summed E-state index contributed by atoms with van der Waals surface area (Å²) in [5, 5.41) is 4.97. The van der Waals surface area contributed by atoms with E-state index in [-0.39, 0.29) is 17.2 Å². The molecule has 1 aromatic carbocycles. The maximum atomic E-state index is 12.4. The van der Waals surface area contributed by atoms with E-state index < -0.39 is 11.7 Å². The molecule has 0 unspecified atom stereocenters. The lowest BCUT2D eigenvalue weighted by atomic mass is 9.90. The molecule has 2 heterocycles. The number of para-hydroxylation sites is 1. The van der Waals surface area contributed by atoms with Crippen LogP contribution in [-0.4, -0.2) is 48.6 Å². The van der Waals surface area contributed by atoms with Crippen molar-refractivity contribution in [3.63, 3.8) is 0 Å². The Morgan fingerprint density at radius 1 is 1.17 bits per heavy atom. The molecular weight excluding hydrogens is 478 g/mol. The fraction of sp³-hybridized carbons (Fsp3) is 0.593. The third-order valence-corrected chi connectivity index (χ3v) is 7.43. The van der Waals surface area contributed by atoms with E-state index >= 15 is 0 Å². The van der Waals surface area contributed by atoms with Gasteiger partial charge in [0.25, 0.3) is 11.1 Å². The maximum absolute atomic E-state index is 12.4. The van der Waals surface area contributed by atoms with Crippen LogP contribution in [0.1, 0.15) is 71.3 Å². The second-order valence-electron chi connectivity index (χ2n) is 10.8. The summed E-state index contributed by atoms with van der Waals surface area (Å²) >= 11 is 0.909. The molecule has 1 saturated carbocycles.